The summed E-state index contributed by atoms with van der Waals surface area (Å²) in [7, 11) is 0. The van der Waals surface area contributed by atoms with E-state index in [0.717, 1.165) is 66.9 Å². The average Bonchev–Trinajstić information content (AvgIpc) is 3.17. The van der Waals surface area contributed by atoms with Crippen molar-refractivity contribution in [2.24, 2.45) is 0 Å². The first kappa shape index (κ1) is 17.9. The lowest BCUT2D eigenvalue weighted by atomic mass is 10.0. The minimum Gasteiger partial charge on any atom is -0.483 e. The number of nitrogens with zero attached hydrogens (tertiary/aromatic N) is 3. The van der Waals surface area contributed by atoms with Crippen molar-refractivity contribution < 1.29 is 19.4 Å². The Morgan fingerprint density at radius 3 is 2.59 bits per heavy atom. The van der Waals surface area contributed by atoms with Crippen LogP contribution in [-0.4, -0.2) is 51.8 Å². The highest BCUT2D eigenvalue weighted by Crippen LogP contribution is 2.34. The van der Waals surface area contributed by atoms with Crippen LogP contribution < -0.4 is 4.74 Å². The van der Waals surface area contributed by atoms with Gasteiger partial charge in [0, 0.05) is 25.8 Å². The molecule has 0 amide bonds. The molecule has 2 aliphatic rings. The van der Waals surface area contributed by atoms with Gasteiger partial charge in [-0.05, 0) is 35.4 Å². The molecule has 1 N–H and O–H groups in total. The third-order valence-corrected chi connectivity index (χ3v) is 5.36. The van der Waals surface area contributed by atoms with Gasteiger partial charge in [-0.2, -0.15) is 0 Å². The predicted molar refractivity (Wildman–Crippen MR) is 106 cm³/mol. The average molecular weight is 391 g/mol. The molecule has 0 unspecified atom stereocenters. The second-order valence-electron chi connectivity index (χ2n) is 7.26. The SMILES string of the molecule is O=C(O)c1ccc(-c2ccc3c(c2)OCc2nc(CN4CCOCC4)cn2-3)cc1. The van der Waals surface area contributed by atoms with Crippen molar-refractivity contribution in [3.05, 3.63) is 65.7 Å². The fourth-order valence-electron chi connectivity index (χ4n) is 3.80. The van der Waals surface area contributed by atoms with E-state index in [1.807, 2.05) is 30.3 Å². The molecule has 148 valence electrons. The molecule has 1 fully saturated rings. The van der Waals surface area contributed by atoms with Gasteiger partial charge in [-0.1, -0.05) is 18.2 Å². The van der Waals surface area contributed by atoms with Gasteiger partial charge >= 0.3 is 5.97 Å². The highest BCUT2D eigenvalue weighted by Gasteiger charge is 2.21. The first-order chi connectivity index (χ1) is 14.2. The molecular formula is C22H21N3O4. The quantitative estimate of drug-likeness (QED) is 0.737. The number of ether oxygens (including phenoxy) is 2. The van der Waals surface area contributed by atoms with Crippen LogP contribution in [0.4, 0.5) is 0 Å². The van der Waals surface area contributed by atoms with Gasteiger partial charge in [-0.3, -0.25) is 9.47 Å². The molecule has 0 spiro atoms. The maximum Gasteiger partial charge on any atom is 0.335 e. The number of carboxylic acids is 1. The molecular weight excluding hydrogens is 370 g/mol. The van der Waals surface area contributed by atoms with Crippen LogP contribution in [0.2, 0.25) is 0 Å². The molecule has 2 aliphatic heterocycles. The van der Waals surface area contributed by atoms with Gasteiger partial charge in [0.2, 0.25) is 0 Å². The Labute approximate surface area is 168 Å². The molecule has 3 aromatic rings. The highest BCUT2D eigenvalue weighted by molar-refractivity contribution is 5.88. The fraction of sp³-hybridized carbons (Fsp3) is 0.273. The normalized spacial score (nSPS) is 16.0. The predicted octanol–water partition coefficient (Wildman–Crippen LogP) is 2.96. The Hall–Kier alpha value is -3.16. The summed E-state index contributed by atoms with van der Waals surface area (Å²) in [6.45, 7) is 4.65. The number of aromatic carboxylic acids is 1. The van der Waals surface area contributed by atoms with Crippen LogP contribution in [-0.2, 0) is 17.9 Å². The summed E-state index contributed by atoms with van der Waals surface area (Å²) in [5, 5.41) is 9.06. The molecule has 5 rings (SSSR count). The zero-order chi connectivity index (χ0) is 19.8. The van der Waals surface area contributed by atoms with Crippen molar-refractivity contribution in [2.45, 2.75) is 13.2 Å². The van der Waals surface area contributed by atoms with E-state index in [4.69, 9.17) is 19.6 Å². The second kappa shape index (κ2) is 7.35. The summed E-state index contributed by atoms with van der Waals surface area (Å²) in [6, 6.07) is 12.9. The Morgan fingerprint density at radius 2 is 1.83 bits per heavy atom. The number of morpholine rings is 1. The van der Waals surface area contributed by atoms with Gasteiger partial charge in [0.15, 0.2) is 5.82 Å². The summed E-state index contributed by atoms with van der Waals surface area (Å²) in [5.41, 5.74) is 4.21. The molecule has 0 saturated carbocycles. The second-order valence-corrected chi connectivity index (χ2v) is 7.26. The fourth-order valence-corrected chi connectivity index (χ4v) is 3.80. The molecule has 3 heterocycles. The Balaban J connectivity index is 1.41. The third-order valence-electron chi connectivity index (χ3n) is 5.36. The van der Waals surface area contributed by atoms with E-state index in [1.165, 1.54) is 0 Å². The van der Waals surface area contributed by atoms with Crippen LogP contribution in [0.1, 0.15) is 21.9 Å². The molecule has 7 heteroatoms. The number of hydrogen-bond donors (Lipinski definition) is 1. The number of imidazole rings is 1. The standard InChI is InChI=1S/C22H21N3O4/c26-22(27)16-3-1-15(2-4-16)17-5-6-19-20(11-17)29-14-21-23-18(13-25(19)21)12-24-7-9-28-10-8-24/h1-6,11,13H,7-10,12,14H2,(H,26,27). The first-order valence-corrected chi connectivity index (χ1v) is 9.65. The lowest BCUT2D eigenvalue weighted by Crippen LogP contribution is -2.35. The number of aromatic nitrogens is 2. The first-order valence-electron chi connectivity index (χ1n) is 9.65. The van der Waals surface area contributed by atoms with Crippen molar-refractivity contribution in [1.82, 2.24) is 14.5 Å². The third kappa shape index (κ3) is 3.50. The van der Waals surface area contributed by atoms with E-state index in [9.17, 15) is 4.79 Å². The summed E-state index contributed by atoms with van der Waals surface area (Å²) >= 11 is 0. The Morgan fingerprint density at radius 1 is 1.07 bits per heavy atom. The number of rotatable bonds is 4. The Kier molecular flexibility index (Phi) is 4.54. The summed E-state index contributed by atoms with van der Waals surface area (Å²) < 4.78 is 13.5. The van der Waals surface area contributed by atoms with Crippen LogP contribution in [0.3, 0.4) is 0 Å². The van der Waals surface area contributed by atoms with Crippen LogP contribution in [0, 0.1) is 0 Å². The molecule has 0 atom stereocenters. The monoisotopic (exact) mass is 391 g/mol. The van der Waals surface area contributed by atoms with Crippen molar-refractivity contribution in [3.63, 3.8) is 0 Å². The van der Waals surface area contributed by atoms with E-state index in [-0.39, 0.29) is 5.56 Å². The molecule has 7 nitrogen and oxygen atoms in total. The van der Waals surface area contributed by atoms with Crippen LogP contribution in [0.15, 0.2) is 48.7 Å². The van der Waals surface area contributed by atoms with E-state index >= 15 is 0 Å². The topological polar surface area (TPSA) is 76.8 Å². The smallest absolute Gasteiger partial charge is 0.335 e. The van der Waals surface area contributed by atoms with Crippen LogP contribution in [0.25, 0.3) is 16.8 Å². The van der Waals surface area contributed by atoms with Crippen molar-refractivity contribution in [2.75, 3.05) is 26.3 Å². The number of carboxylic acid groups (broad SMARTS) is 1. The van der Waals surface area contributed by atoms with E-state index in [2.05, 4.69) is 15.7 Å². The van der Waals surface area contributed by atoms with E-state index in [1.54, 1.807) is 12.1 Å². The van der Waals surface area contributed by atoms with E-state index < -0.39 is 5.97 Å². The van der Waals surface area contributed by atoms with Crippen molar-refractivity contribution >= 4 is 5.97 Å². The highest BCUT2D eigenvalue weighted by atomic mass is 16.5. The summed E-state index contributed by atoms with van der Waals surface area (Å²) in [5.74, 6) is 0.776. The van der Waals surface area contributed by atoms with Crippen LogP contribution >= 0.6 is 0 Å². The molecule has 1 saturated heterocycles. The van der Waals surface area contributed by atoms with Crippen LogP contribution in [0.5, 0.6) is 5.75 Å². The zero-order valence-corrected chi connectivity index (χ0v) is 15.9. The molecule has 0 aliphatic carbocycles. The van der Waals surface area contributed by atoms with Gasteiger partial charge in [0.25, 0.3) is 0 Å². The maximum atomic E-state index is 11.0. The Bertz CT molecular complexity index is 1050. The van der Waals surface area contributed by atoms with Gasteiger partial charge in [0.05, 0.1) is 30.2 Å². The number of hydrogen-bond acceptors (Lipinski definition) is 5. The molecule has 0 bridgehead atoms. The summed E-state index contributed by atoms with van der Waals surface area (Å²) in [6.07, 6.45) is 2.09. The van der Waals surface area contributed by atoms with Gasteiger partial charge in [0.1, 0.15) is 12.4 Å². The largest absolute Gasteiger partial charge is 0.483 e. The number of carbonyl (C=O) groups is 1. The molecule has 2 aromatic carbocycles. The van der Waals surface area contributed by atoms with Gasteiger partial charge in [-0.15, -0.1) is 0 Å². The molecule has 29 heavy (non-hydrogen) atoms. The molecule has 0 radical (unpaired) electrons. The summed E-state index contributed by atoms with van der Waals surface area (Å²) in [4.78, 5) is 18.1. The maximum absolute atomic E-state index is 11.0. The number of benzene rings is 2. The van der Waals surface area contributed by atoms with Gasteiger partial charge in [-0.25, -0.2) is 9.78 Å². The van der Waals surface area contributed by atoms with Gasteiger partial charge < -0.3 is 14.6 Å². The zero-order valence-electron chi connectivity index (χ0n) is 15.9. The van der Waals surface area contributed by atoms with Crippen molar-refractivity contribution in [3.8, 4) is 22.6 Å². The lowest BCUT2D eigenvalue weighted by molar-refractivity contribution is 0.0337. The minimum atomic E-state index is -0.925. The molecule has 1 aromatic heterocycles. The van der Waals surface area contributed by atoms with Crippen molar-refractivity contribution in [1.29, 1.82) is 0 Å². The number of fused-ring (bicyclic) bond motifs is 3. The van der Waals surface area contributed by atoms with E-state index in [0.29, 0.717) is 6.61 Å². The minimum absolute atomic E-state index is 0.277. The lowest BCUT2D eigenvalue weighted by Gasteiger charge is -2.25.